The maximum Gasteiger partial charge on any atom is 0.266 e. The largest absolute Gasteiger partial charge is 0.491 e. The van der Waals surface area contributed by atoms with Gasteiger partial charge in [0.25, 0.3) is 11.8 Å². The second kappa shape index (κ2) is 18.6. The number of imide groups is 2. The van der Waals surface area contributed by atoms with Crippen LogP contribution in [0, 0.1) is 11.7 Å². The van der Waals surface area contributed by atoms with Crippen molar-refractivity contribution in [2.75, 3.05) is 85.9 Å². The van der Waals surface area contributed by atoms with Gasteiger partial charge in [0.05, 0.1) is 34.4 Å². The summed E-state index contributed by atoms with van der Waals surface area (Å²) >= 11 is 6.99. The van der Waals surface area contributed by atoms with Crippen LogP contribution in [-0.2, 0) is 9.59 Å². The molecule has 5 heterocycles. The average molecular weight is 873 g/mol. The van der Waals surface area contributed by atoms with E-state index in [9.17, 15) is 23.7 Å². The zero-order valence-corrected chi connectivity index (χ0v) is 35.1. The maximum atomic E-state index is 15.6. The SMILES string of the molecule is CN(SO)c1ccccc1Nc1nc(Nc2ccc(N3CCN(CC4CCN(CCOc5cccc6c5C(=O)N(C5CCC(=O)NC5=O)C6=O)CC4)CC3)c(F)c2)ncc1Cl. The number of benzene rings is 3. The van der Waals surface area contributed by atoms with Gasteiger partial charge in [0.1, 0.15) is 41.5 Å². The maximum absolute atomic E-state index is 15.6. The number of likely N-dealkylation sites (tertiary alicyclic amines) is 1. The van der Waals surface area contributed by atoms with Crippen molar-refractivity contribution >= 4 is 82.0 Å². The van der Waals surface area contributed by atoms with E-state index in [1.54, 1.807) is 35.6 Å². The van der Waals surface area contributed by atoms with Crippen LogP contribution < -0.4 is 29.9 Å². The minimum atomic E-state index is -1.03. The number of aromatic nitrogens is 2. The van der Waals surface area contributed by atoms with Crippen molar-refractivity contribution in [2.45, 2.75) is 31.7 Å². The lowest BCUT2D eigenvalue weighted by atomic mass is 9.96. The summed E-state index contributed by atoms with van der Waals surface area (Å²) in [5, 5.41) is 8.79. The highest BCUT2D eigenvalue weighted by molar-refractivity contribution is 7.95. The fourth-order valence-corrected chi connectivity index (χ4v) is 8.71. The van der Waals surface area contributed by atoms with Crippen molar-refractivity contribution in [1.82, 2.24) is 30.0 Å². The van der Waals surface area contributed by atoms with Crippen molar-refractivity contribution in [1.29, 1.82) is 0 Å². The molecular formula is C42H46ClFN10O6S. The number of rotatable bonds is 14. The summed E-state index contributed by atoms with van der Waals surface area (Å²) < 4.78 is 32.7. The first-order valence-electron chi connectivity index (χ1n) is 20.2. The number of piperidine rings is 2. The minimum absolute atomic E-state index is 0.0601. The summed E-state index contributed by atoms with van der Waals surface area (Å²) in [6.07, 6.45) is 3.70. The fourth-order valence-electron chi connectivity index (χ4n) is 8.33. The van der Waals surface area contributed by atoms with Gasteiger partial charge in [0, 0.05) is 58.4 Å². The zero-order chi connectivity index (χ0) is 42.6. The number of hydrogen-bond donors (Lipinski definition) is 4. The third-order valence-electron chi connectivity index (χ3n) is 11.6. The summed E-state index contributed by atoms with van der Waals surface area (Å²) in [4.78, 5) is 67.2. The molecule has 1 unspecified atom stereocenters. The molecule has 4 amide bonds. The first kappa shape index (κ1) is 42.2. The molecule has 3 aromatic carbocycles. The van der Waals surface area contributed by atoms with E-state index in [0.717, 1.165) is 56.2 Å². The monoisotopic (exact) mass is 872 g/mol. The van der Waals surface area contributed by atoms with Crippen LogP contribution in [0.2, 0.25) is 5.02 Å². The molecule has 0 saturated carbocycles. The molecule has 61 heavy (non-hydrogen) atoms. The molecule has 0 spiro atoms. The second-order valence-electron chi connectivity index (χ2n) is 15.4. The van der Waals surface area contributed by atoms with Crippen molar-refractivity contribution in [3.8, 4) is 5.75 Å². The highest BCUT2D eigenvalue weighted by Gasteiger charge is 2.46. The molecule has 19 heteroatoms. The van der Waals surface area contributed by atoms with Crippen molar-refractivity contribution in [2.24, 2.45) is 5.92 Å². The first-order valence-corrected chi connectivity index (χ1v) is 21.3. The van der Waals surface area contributed by atoms with Crippen LogP contribution in [0.4, 0.5) is 38.9 Å². The molecule has 3 saturated heterocycles. The Bertz CT molecular complexity index is 2310. The smallest absolute Gasteiger partial charge is 0.266 e. The van der Waals surface area contributed by atoms with Gasteiger partial charge in [-0.3, -0.25) is 43.5 Å². The summed E-state index contributed by atoms with van der Waals surface area (Å²) in [5.41, 5.74) is 2.80. The normalized spacial score (nSPS) is 18.9. The molecule has 4 N–H and O–H groups in total. The van der Waals surface area contributed by atoms with Crippen molar-refractivity contribution in [3.05, 3.63) is 88.8 Å². The van der Waals surface area contributed by atoms with E-state index in [4.69, 9.17) is 16.3 Å². The number of nitrogens with zero attached hydrogens (tertiary/aromatic N) is 7. The summed E-state index contributed by atoms with van der Waals surface area (Å²) in [5.74, 6) is -1.09. The van der Waals surface area contributed by atoms with Gasteiger partial charge in [-0.2, -0.15) is 4.98 Å². The van der Waals surface area contributed by atoms with E-state index in [2.05, 4.69) is 40.6 Å². The number of ether oxygens (including phenoxy) is 1. The number of halogens is 2. The number of fused-ring (bicyclic) bond motifs is 1. The predicted molar refractivity (Wildman–Crippen MR) is 231 cm³/mol. The van der Waals surface area contributed by atoms with Crippen molar-refractivity contribution < 1.29 is 32.9 Å². The summed E-state index contributed by atoms with van der Waals surface area (Å²) in [7, 11) is 1.73. The highest BCUT2D eigenvalue weighted by Crippen LogP contribution is 2.35. The molecule has 4 aliphatic heterocycles. The van der Waals surface area contributed by atoms with Gasteiger partial charge in [0.2, 0.25) is 17.8 Å². The van der Waals surface area contributed by atoms with Gasteiger partial charge in [-0.1, -0.05) is 29.8 Å². The third kappa shape index (κ3) is 9.38. The summed E-state index contributed by atoms with van der Waals surface area (Å²) in [6.45, 7) is 6.92. The number of para-hydroxylation sites is 2. The van der Waals surface area contributed by atoms with E-state index < -0.39 is 29.7 Å². The number of piperazine rings is 1. The lowest BCUT2D eigenvalue weighted by molar-refractivity contribution is -0.136. The third-order valence-corrected chi connectivity index (χ3v) is 12.3. The first-order chi connectivity index (χ1) is 29.6. The Kier molecular flexibility index (Phi) is 12.9. The molecular weight excluding hydrogens is 827 g/mol. The average Bonchev–Trinajstić information content (AvgIpc) is 3.52. The molecule has 0 radical (unpaired) electrons. The lowest BCUT2D eigenvalue weighted by Gasteiger charge is -2.39. The van der Waals surface area contributed by atoms with Crippen LogP contribution in [0.5, 0.6) is 5.75 Å². The van der Waals surface area contributed by atoms with Gasteiger partial charge in [-0.05, 0) is 80.7 Å². The van der Waals surface area contributed by atoms with Crippen LogP contribution in [-0.4, -0.2) is 125 Å². The van der Waals surface area contributed by atoms with Crippen LogP contribution in [0.25, 0.3) is 0 Å². The quantitative estimate of drug-likeness (QED) is 0.0697. The van der Waals surface area contributed by atoms with E-state index in [1.165, 1.54) is 12.3 Å². The molecule has 16 nitrogen and oxygen atoms in total. The number of hydrogen-bond acceptors (Lipinski definition) is 15. The lowest BCUT2D eigenvalue weighted by Crippen LogP contribution is -2.54. The Morgan fingerprint density at radius 2 is 1.74 bits per heavy atom. The Balaban J connectivity index is 0.773. The van der Waals surface area contributed by atoms with Gasteiger partial charge < -0.3 is 24.8 Å². The van der Waals surface area contributed by atoms with Gasteiger partial charge >= 0.3 is 0 Å². The molecule has 4 aliphatic rings. The Morgan fingerprint density at radius 1 is 0.951 bits per heavy atom. The molecule has 3 fully saturated rings. The van der Waals surface area contributed by atoms with Crippen molar-refractivity contribution in [3.63, 3.8) is 0 Å². The number of anilines is 6. The van der Waals surface area contributed by atoms with Crippen LogP contribution >= 0.6 is 23.8 Å². The molecule has 4 aromatic rings. The number of carbonyl (C=O) groups is 4. The van der Waals surface area contributed by atoms with E-state index >= 15 is 4.39 Å². The summed E-state index contributed by atoms with van der Waals surface area (Å²) in [6, 6.07) is 16.3. The topological polar surface area (TPSA) is 176 Å². The molecule has 1 atom stereocenters. The van der Waals surface area contributed by atoms with Gasteiger partial charge in [-0.25, -0.2) is 9.37 Å². The van der Waals surface area contributed by atoms with Crippen LogP contribution in [0.15, 0.2) is 66.9 Å². The van der Waals surface area contributed by atoms with E-state index in [1.807, 2.05) is 30.3 Å². The Labute approximate surface area is 361 Å². The predicted octanol–water partition coefficient (Wildman–Crippen LogP) is 5.63. The fraction of sp³-hybridized carbons (Fsp3) is 0.381. The number of carbonyl (C=O) groups excluding carboxylic acids is 4. The van der Waals surface area contributed by atoms with Gasteiger partial charge in [-0.15, -0.1) is 0 Å². The second-order valence-corrected chi connectivity index (χ2v) is 16.6. The molecule has 0 aliphatic carbocycles. The Morgan fingerprint density at radius 3 is 2.49 bits per heavy atom. The Hall–Kier alpha value is -5.53. The highest BCUT2D eigenvalue weighted by atomic mass is 35.5. The number of amides is 4. The molecule has 320 valence electrons. The molecule has 1 aromatic heterocycles. The standard InChI is InChI=1S/C42H46ClFN10O6S/c1-50(61-59)33-7-3-2-6-31(33)47-38-29(43)24-45-42(49-38)46-27-9-10-32(30(44)23-27)53-19-17-52(18-20-53)25-26-13-15-51(16-14-26)21-22-60-35-8-4-5-28-37(35)41(58)54(40(28)57)34-11-12-36(55)48-39(34)56/h2-10,23-24,26,34,59H,11-22,25H2,1H3,(H,48,55,56)(H2,45,46,47,49). The van der Waals surface area contributed by atoms with Crippen LogP contribution in [0.3, 0.4) is 0 Å². The van der Waals surface area contributed by atoms with E-state index in [0.29, 0.717) is 78.0 Å². The molecule has 8 rings (SSSR count). The zero-order valence-electron chi connectivity index (χ0n) is 33.5. The molecule has 0 bridgehead atoms. The number of nitrogens with one attached hydrogen (secondary N) is 3. The van der Waals surface area contributed by atoms with Gasteiger partial charge in [0.15, 0.2) is 5.82 Å². The van der Waals surface area contributed by atoms with E-state index in [-0.39, 0.29) is 35.7 Å². The van der Waals surface area contributed by atoms with Crippen LogP contribution in [0.1, 0.15) is 46.4 Å². The minimum Gasteiger partial charge on any atom is -0.491 e.